The Bertz CT molecular complexity index is 116. The molecule has 9 heavy (non-hydrogen) atoms. The zero-order valence-corrected chi connectivity index (χ0v) is 4.93. The molecule has 54 valence electrons. The highest BCUT2D eigenvalue weighted by molar-refractivity contribution is 6.29. The zero-order chi connectivity index (χ0) is 7.44. The average Bonchev–Trinajstić information content (AvgIpc) is 1.63. The molecule has 0 aromatic carbocycles. The van der Waals surface area contributed by atoms with Gasteiger partial charge in [-0.15, -0.1) is 0 Å². The Labute approximate surface area is 54.1 Å². The molecule has 0 N–H and O–H groups in total. The van der Waals surface area contributed by atoms with Crippen LogP contribution in [0, 0.1) is 0 Å². The van der Waals surface area contributed by atoms with Gasteiger partial charge in [-0.05, 0) is 0 Å². The van der Waals surface area contributed by atoms with Gasteiger partial charge in [0.2, 0.25) is 6.43 Å². The number of allylic oxidation sites excluding steroid dienone is 1. The van der Waals surface area contributed by atoms with Gasteiger partial charge in [0, 0.05) is 6.42 Å². The summed E-state index contributed by atoms with van der Waals surface area (Å²) in [6, 6.07) is 0. The summed E-state index contributed by atoms with van der Waals surface area (Å²) in [4.78, 5) is 0. The molecule has 0 fully saturated rings. The van der Waals surface area contributed by atoms with Gasteiger partial charge in [0.15, 0.2) is 0 Å². The SMILES string of the molecule is FC(F)=C(Cl)CC(F)F. The summed E-state index contributed by atoms with van der Waals surface area (Å²) in [5.41, 5.74) is 0. The fourth-order valence-corrected chi connectivity index (χ4v) is 0.329. The minimum atomic E-state index is -2.81. The number of alkyl halides is 2. The van der Waals surface area contributed by atoms with Crippen LogP contribution in [-0.4, -0.2) is 6.43 Å². The third-order valence-electron chi connectivity index (χ3n) is 0.539. The van der Waals surface area contributed by atoms with Gasteiger partial charge in [0.05, 0.1) is 5.03 Å². The Morgan fingerprint density at radius 3 is 1.89 bits per heavy atom. The maximum Gasteiger partial charge on any atom is 0.284 e. The summed E-state index contributed by atoms with van der Waals surface area (Å²) in [5.74, 6) is 0. The molecule has 0 aliphatic heterocycles. The molecule has 0 spiro atoms. The molecule has 0 saturated carbocycles. The van der Waals surface area contributed by atoms with Crippen LogP contribution in [0.5, 0.6) is 0 Å². The third-order valence-corrected chi connectivity index (χ3v) is 0.836. The van der Waals surface area contributed by atoms with E-state index >= 15 is 0 Å². The first-order chi connectivity index (χ1) is 4.04. The largest absolute Gasteiger partial charge is 0.284 e. The van der Waals surface area contributed by atoms with E-state index in [2.05, 4.69) is 11.6 Å². The molecule has 0 heterocycles. The van der Waals surface area contributed by atoms with E-state index in [1.54, 1.807) is 0 Å². The molecule has 0 bridgehead atoms. The first-order valence-corrected chi connectivity index (χ1v) is 2.39. The van der Waals surface area contributed by atoms with Crippen LogP contribution in [-0.2, 0) is 0 Å². The van der Waals surface area contributed by atoms with E-state index in [4.69, 9.17) is 0 Å². The van der Waals surface area contributed by atoms with E-state index in [0.29, 0.717) is 0 Å². The maximum absolute atomic E-state index is 11.2. The fourth-order valence-electron chi connectivity index (χ4n) is 0.213. The predicted octanol–water partition coefficient (Wildman–Crippen LogP) is 2.99. The molecule has 0 radical (unpaired) electrons. The van der Waals surface area contributed by atoms with Crippen molar-refractivity contribution in [3.05, 3.63) is 11.1 Å². The Balaban J connectivity index is 3.77. The van der Waals surface area contributed by atoms with Crippen molar-refractivity contribution in [2.75, 3.05) is 0 Å². The number of hydrogen-bond donors (Lipinski definition) is 0. The van der Waals surface area contributed by atoms with E-state index < -0.39 is 24.0 Å². The molecule has 0 aromatic heterocycles. The summed E-state index contributed by atoms with van der Waals surface area (Å²) < 4.78 is 44.8. The second-order valence-electron chi connectivity index (χ2n) is 1.26. The molecule has 0 nitrogen and oxygen atoms in total. The topological polar surface area (TPSA) is 0 Å². The molecule has 0 saturated heterocycles. The molecule has 0 unspecified atom stereocenters. The van der Waals surface area contributed by atoms with Crippen LogP contribution in [0.25, 0.3) is 0 Å². The van der Waals surface area contributed by atoms with Gasteiger partial charge in [-0.25, -0.2) is 8.78 Å². The van der Waals surface area contributed by atoms with Crippen molar-refractivity contribution in [1.29, 1.82) is 0 Å². The van der Waals surface area contributed by atoms with Crippen molar-refractivity contribution >= 4 is 11.6 Å². The highest BCUT2D eigenvalue weighted by Crippen LogP contribution is 2.19. The molecule has 0 aliphatic carbocycles. The van der Waals surface area contributed by atoms with E-state index in [0.717, 1.165) is 0 Å². The van der Waals surface area contributed by atoms with Crippen LogP contribution in [0.3, 0.4) is 0 Å². The van der Waals surface area contributed by atoms with Crippen LogP contribution >= 0.6 is 11.6 Å². The quantitative estimate of drug-likeness (QED) is 0.548. The Morgan fingerprint density at radius 2 is 1.78 bits per heavy atom. The molecule has 0 amide bonds. The lowest BCUT2D eigenvalue weighted by Gasteiger charge is -1.93. The molecule has 0 aliphatic rings. The summed E-state index contributed by atoms with van der Waals surface area (Å²) in [7, 11) is 0. The molecule has 5 heteroatoms. The van der Waals surface area contributed by atoms with Crippen molar-refractivity contribution < 1.29 is 17.6 Å². The Morgan fingerprint density at radius 1 is 1.33 bits per heavy atom. The van der Waals surface area contributed by atoms with Crippen molar-refractivity contribution in [2.45, 2.75) is 12.8 Å². The number of hydrogen-bond acceptors (Lipinski definition) is 0. The minimum absolute atomic E-state index is 1.06. The van der Waals surface area contributed by atoms with Crippen LogP contribution in [0.1, 0.15) is 6.42 Å². The zero-order valence-electron chi connectivity index (χ0n) is 4.17. The monoisotopic (exact) mass is 162 g/mol. The second-order valence-corrected chi connectivity index (χ2v) is 1.72. The van der Waals surface area contributed by atoms with E-state index in [9.17, 15) is 17.6 Å². The van der Waals surface area contributed by atoms with Gasteiger partial charge >= 0.3 is 0 Å². The number of rotatable bonds is 2. The molecule has 0 aromatic rings. The van der Waals surface area contributed by atoms with E-state index in [1.165, 1.54) is 0 Å². The van der Waals surface area contributed by atoms with Gasteiger partial charge in [0.25, 0.3) is 6.08 Å². The van der Waals surface area contributed by atoms with Crippen LogP contribution < -0.4 is 0 Å². The van der Waals surface area contributed by atoms with Crippen LogP contribution in [0.2, 0.25) is 0 Å². The Kier molecular flexibility index (Phi) is 3.61. The molecule has 0 atom stereocenters. The second kappa shape index (κ2) is 3.71. The highest BCUT2D eigenvalue weighted by Gasteiger charge is 2.09. The van der Waals surface area contributed by atoms with Crippen molar-refractivity contribution in [3.63, 3.8) is 0 Å². The van der Waals surface area contributed by atoms with Gasteiger partial charge in [-0.1, -0.05) is 11.6 Å². The summed E-state index contributed by atoms with van der Waals surface area (Å²) in [6.07, 6.45) is -6.11. The Hall–Kier alpha value is -0.250. The van der Waals surface area contributed by atoms with Gasteiger partial charge in [0.1, 0.15) is 0 Å². The smallest absolute Gasteiger partial charge is 0.210 e. The van der Waals surface area contributed by atoms with Crippen LogP contribution in [0.15, 0.2) is 11.1 Å². The van der Waals surface area contributed by atoms with E-state index in [1.807, 2.05) is 0 Å². The predicted molar refractivity (Wildman–Crippen MR) is 25.7 cm³/mol. The van der Waals surface area contributed by atoms with E-state index in [-0.39, 0.29) is 0 Å². The van der Waals surface area contributed by atoms with Crippen LogP contribution in [0.4, 0.5) is 17.6 Å². The van der Waals surface area contributed by atoms with Gasteiger partial charge in [-0.2, -0.15) is 8.78 Å². The molecule has 0 rings (SSSR count). The van der Waals surface area contributed by atoms with Gasteiger partial charge in [-0.3, -0.25) is 0 Å². The van der Waals surface area contributed by atoms with Gasteiger partial charge < -0.3 is 0 Å². The first-order valence-electron chi connectivity index (χ1n) is 2.02. The lowest BCUT2D eigenvalue weighted by atomic mass is 10.4. The number of halogens is 5. The van der Waals surface area contributed by atoms with Crippen molar-refractivity contribution in [3.8, 4) is 0 Å². The maximum atomic E-state index is 11.2. The molecular formula is C4H3ClF4. The van der Waals surface area contributed by atoms with Crippen molar-refractivity contribution in [1.82, 2.24) is 0 Å². The third kappa shape index (κ3) is 4.27. The fraction of sp³-hybridized carbons (Fsp3) is 0.500. The summed E-state index contributed by atoms with van der Waals surface area (Å²) in [6.45, 7) is 0. The van der Waals surface area contributed by atoms with Crippen molar-refractivity contribution in [2.24, 2.45) is 0 Å². The average molecular weight is 163 g/mol. The summed E-state index contributed by atoms with van der Waals surface area (Å²) >= 11 is 4.66. The summed E-state index contributed by atoms with van der Waals surface area (Å²) in [5, 5.41) is -1.06. The first kappa shape index (κ1) is 8.75. The lowest BCUT2D eigenvalue weighted by Crippen LogP contribution is -1.89. The lowest BCUT2D eigenvalue weighted by molar-refractivity contribution is 0.149. The standard InChI is InChI=1S/C4H3ClF4/c5-2(4(8)9)1-3(6)7/h3H,1H2. The highest BCUT2D eigenvalue weighted by atomic mass is 35.5. The molecular weight excluding hydrogens is 159 g/mol. The minimum Gasteiger partial charge on any atom is -0.210 e. The normalized spacial score (nSPS) is 10.0.